The summed E-state index contributed by atoms with van der Waals surface area (Å²) in [6.45, 7) is 0.255. The molecule has 0 bridgehead atoms. The molecule has 7 nitrogen and oxygen atoms in total. The summed E-state index contributed by atoms with van der Waals surface area (Å²) in [5, 5.41) is 5.07. The number of amides is 4. The van der Waals surface area contributed by atoms with E-state index in [1.165, 1.54) is 11.0 Å². The lowest BCUT2D eigenvalue weighted by molar-refractivity contribution is -0.137. The molecular formula is C21H24FN3O4. The molecule has 0 radical (unpaired) electrons. The van der Waals surface area contributed by atoms with E-state index >= 15 is 0 Å². The van der Waals surface area contributed by atoms with E-state index in [4.69, 9.17) is 0 Å². The molecule has 8 heteroatoms. The van der Waals surface area contributed by atoms with E-state index in [2.05, 4.69) is 10.6 Å². The van der Waals surface area contributed by atoms with Gasteiger partial charge in [0.2, 0.25) is 17.7 Å². The van der Waals surface area contributed by atoms with Gasteiger partial charge in [-0.2, -0.15) is 0 Å². The van der Waals surface area contributed by atoms with Crippen molar-refractivity contribution in [3.8, 4) is 0 Å². The van der Waals surface area contributed by atoms with Gasteiger partial charge in [-0.1, -0.05) is 19.3 Å². The van der Waals surface area contributed by atoms with E-state index in [0.29, 0.717) is 11.1 Å². The highest BCUT2D eigenvalue weighted by atomic mass is 19.1. The van der Waals surface area contributed by atoms with Gasteiger partial charge in [0.25, 0.3) is 5.91 Å². The second kappa shape index (κ2) is 7.93. The Bertz CT molecular complexity index is 879. The van der Waals surface area contributed by atoms with Crippen LogP contribution < -0.4 is 10.6 Å². The molecule has 1 saturated heterocycles. The van der Waals surface area contributed by atoms with Gasteiger partial charge in [-0.15, -0.1) is 0 Å². The lowest BCUT2D eigenvalue weighted by Gasteiger charge is -2.29. The second-order valence-electron chi connectivity index (χ2n) is 8.05. The van der Waals surface area contributed by atoms with Crippen molar-refractivity contribution in [2.45, 2.75) is 64.1 Å². The maximum atomic E-state index is 14.6. The number of benzene rings is 1. The maximum absolute atomic E-state index is 14.6. The van der Waals surface area contributed by atoms with Crippen molar-refractivity contribution in [2.75, 3.05) is 0 Å². The first kappa shape index (κ1) is 19.5. The molecule has 1 aromatic rings. The zero-order chi connectivity index (χ0) is 20.5. The highest BCUT2D eigenvalue weighted by Gasteiger charge is 2.39. The second-order valence-corrected chi connectivity index (χ2v) is 8.05. The van der Waals surface area contributed by atoms with Crippen LogP contribution >= 0.6 is 0 Å². The first-order valence-electron chi connectivity index (χ1n) is 10.2. The van der Waals surface area contributed by atoms with E-state index in [-0.39, 0.29) is 49.2 Å². The fourth-order valence-corrected chi connectivity index (χ4v) is 4.47. The lowest BCUT2D eigenvalue weighted by Crippen LogP contribution is -2.52. The lowest BCUT2D eigenvalue weighted by atomic mass is 9.88. The minimum absolute atomic E-state index is 0.00849. The van der Waals surface area contributed by atoms with Crippen LogP contribution in [-0.2, 0) is 27.5 Å². The van der Waals surface area contributed by atoms with Crippen LogP contribution in [0.1, 0.15) is 66.4 Å². The van der Waals surface area contributed by atoms with E-state index in [1.54, 1.807) is 6.07 Å². The smallest absolute Gasteiger partial charge is 0.255 e. The molecule has 1 unspecified atom stereocenters. The van der Waals surface area contributed by atoms with Gasteiger partial charge in [0.1, 0.15) is 11.9 Å². The average Bonchev–Trinajstić information content (AvgIpc) is 3.02. The van der Waals surface area contributed by atoms with Crippen molar-refractivity contribution in [2.24, 2.45) is 5.92 Å². The normalized spacial score (nSPS) is 22.4. The van der Waals surface area contributed by atoms with Gasteiger partial charge in [-0.3, -0.25) is 24.5 Å². The highest BCUT2D eigenvalue weighted by Crippen LogP contribution is 2.30. The minimum atomic E-state index is -0.731. The van der Waals surface area contributed by atoms with Crippen molar-refractivity contribution in [1.82, 2.24) is 15.5 Å². The molecule has 0 spiro atoms. The number of piperidine rings is 1. The molecule has 2 aliphatic heterocycles. The van der Waals surface area contributed by atoms with E-state index < -0.39 is 23.7 Å². The monoisotopic (exact) mass is 401 g/mol. The van der Waals surface area contributed by atoms with Gasteiger partial charge in [-0.05, 0) is 37.0 Å². The Morgan fingerprint density at radius 2 is 1.90 bits per heavy atom. The summed E-state index contributed by atoms with van der Waals surface area (Å²) in [4.78, 5) is 49.8. The number of carbonyl (C=O) groups is 4. The van der Waals surface area contributed by atoms with Crippen molar-refractivity contribution in [3.05, 3.63) is 34.6 Å². The molecule has 154 valence electrons. The predicted molar refractivity (Wildman–Crippen MR) is 101 cm³/mol. The molecule has 1 saturated carbocycles. The standard InChI is InChI=1S/C21H24FN3O4/c22-16-9-15-14(8-13(16)10-23-19(27)12-4-2-1-3-5-12)11-25(21(15)29)17-6-7-18(26)24-20(17)28/h8-9,12,17H,1-7,10-11H2,(H,23,27)(H,24,26,28). The van der Waals surface area contributed by atoms with Gasteiger partial charge < -0.3 is 10.2 Å². The predicted octanol–water partition coefficient (Wildman–Crippen LogP) is 1.78. The number of nitrogens with one attached hydrogen (secondary N) is 2. The number of nitrogens with zero attached hydrogens (tertiary/aromatic N) is 1. The fraction of sp³-hybridized carbons (Fsp3) is 0.524. The Balaban J connectivity index is 1.45. The third kappa shape index (κ3) is 3.88. The Morgan fingerprint density at radius 3 is 2.62 bits per heavy atom. The molecule has 3 aliphatic rings. The van der Waals surface area contributed by atoms with Crippen molar-refractivity contribution in [1.29, 1.82) is 0 Å². The van der Waals surface area contributed by atoms with Gasteiger partial charge in [-0.25, -0.2) is 4.39 Å². The van der Waals surface area contributed by atoms with Crippen LogP contribution in [0.3, 0.4) is 0 Å². The summed E-state index contributed by atoms with van der Waals surface area (Å²) >= 11 is 0. The zero-order valence-electron chi connectivity index (χ0n) is 16.1. The summed E-state index contributed by atoms with van der Waals surface area (Å²) < 4.78 is 14.6. The maximum Gasteiger partial charge on any atom is 0.255 e. The van der Waals surface area contributed by atoms with Crippen molar-refractivity contribution < 1.29 is 23.6 Å². The number of hydrogen-bond donors (Lipinski definition) is 2. The number of halogens is 1. The van der Waals surface area contributed by atoms with Crippen molar-refractivity contribution >= 4 is 23.6 Å². The molecular weight excluding hydrogens is 377 g/mol. The molecule has 0 aromatic heterocycles. The average molecular weight is 401 g/mol. The molecule has 4 amide bonds. The third-order valence-electron chi connectivity index (χ3n) is 6.12. The summed E-state index contributed by atoms with van der Waals surface area (Å²) in [5.41, 5.74) is 1.18. The van der Waals surface area contributed by atoms with Crippen LogP contribution in [0, 0.1) is 11.7 Å². The summed E-state index contributed by atoms with van der Waals surface area (Å²) in [5.74, 6) is -1.87. The molecule has 4 rings (SSSR count). The quantitative estimate of drug-likeness (QED) is 0.752. The van der Waals surface area contributed by atoms with Crippen LogP contribution in [-0.4, -0.2) is 34.6 Å². The molecule has 1 aromatic carbocycles. The van der Waals surface area contributed by atoms with Gasteiger partial charge in [0.05, 0.1) is 0 Å². The molecule has 29 heavy (non-hydrogen) atoms. The molecule has 2 N–H and O–H groups in total. The minimum Gasteiger partial charge on any atom is -0.352 e. The SMILES string of the molecule is O=C1CCC(N2Cc3cc(CNC(=O)C4CCCCC4)c(F)cc3C2=O)C(=O)N1. The topological polar surface area (TPSA) is 95.6 Å². The Morgan fingerprint density at radius 1 is 1.14 bits per heavy atom. The number of fused-ring (bicyclic) bond motifs is 1. The van der Waals surface area contributed by atoms with Crippen LogP contribution in [0.4, 0.5) is 4.39 Å². The van der Waals surface area contributed by atoms with Crippen LogP contribution in [0.25, 0.3) is 0 Å². The molecule has 2 heterocycles. The van der Waals surface area contributed by atoms with Gasteiger partial charge in [0.15, 0.2) is 0 Å². The van der Waals surface area contributed by atoms with Crippen LogP contribution in [0.15, 0.2) is 12.1 Å². The Labute approximate surface area is 168 Å². The first-order valence-corrected chi connectivity index (χ1v) is 10.2. The first-order chi connectivity index (χ1) is 13.9. The fourth-order valence-electron chi connectivity index (χ4n) is 4.47. The van der Waals surface area contributed by atoms with Gasteiger partial charge >= 0.3 is 0 Å². The highest BCUT2D eigenvalue weighted by molar-refractivity contribution is 6.05. The number of imide groups is 1. The number of hydrogen-bond acceptors (Lipinski definition) is 4. The molecule has 1 aliphatic carbocycles. The van der Waals surface area contributed by atoms with Crippen molar-refractivity contribution in [3.63, 3.8) is 0 Å². The van der Waals surface area contributed by atoms with Crippen LogP contribution in [0.2, 0.25) is 0 Å². The summed E-state index contributed by atoms with van der Waals surface area (Å²) in [6.07, 6.45) is 5.41. The van der Waals surface area contributed by atoms with E-state index in [0.717, 1.165) is 32.1 Å². The Kier molecular flexibility index (Phi) is 5.34. The van der Waals surface area contributed by atoms with Crippen LogP contribution in [0.5, 0.6) is 0 Å². The molecule has 1 atom stereocenters. The Hall–Kier alpha value is -2.77. The van der Waals surface area contributed by atoms with E-state index in [9.17, 15) is 23.6 Å². The summed E-state index contributed by atoms with van der Waals surface area (Å²) in [7, 11) is 0. The zero-order valence-corrected chi connectivity index (χ0v) is 16.1. The molecule has 2 fully saturated rings. The number of rotatable bonds is 4. The third-order valence-corrected chi connectivity index (χ3v) is 6.12. The summed E-state index contributed by atoms with van der Waals surface area (Å²) in [6, 6.07) is 2.05. The van der Waals surface area contributed by atoms with Gasteiger partial charge in [0, 0.05) is 36.6 Å². The number of carbonyl (C=O) groups excluding carboxylic acids is 4. The largest absolute Gasteiger partial charge is 0.352 e. The van der Waals surface area contributed by atoms with E-state index in [1.807, 2.05) is 0 Å².